The molecule has 0 N–H and O–H groups in total. The summed E-state index contributed by atoms with van der Waals surface area (Å²) in [6.45, 7) is 4.03. The first-order valence-corrected chi connectivity index (χ1v) is 12.4. The number of ether oxygens (including phenoxy) is 1. The number of thioether (sulfide) groups is 1. The summed E-state index contributed by atoms with van der Waals surface area (Å²) in [4.78, 5) is 43.4. The fraction of sp³-hybridized carbons (Fsp3) is 0.259. The Kier molecular flexibility index (Phi) is 6.06. The van der Waals surface area contributed by atoms with Gasteiger partial charge >= 0.3 is 5.97 Å². The van der Waals surface area contributed by atoms with E-state index in [0.717, 1.165) is 24.2 Å². The van der Waals surface area contributed by atoms with Crippen LogP contribution in [0.3, 0.4) is 0 Å². The lowest BCUT2D eigenvalue weighted by Crippen LogP contribution is -2.22. The number of rotatable bonds is 7. The molecule has 2 heterocycles. The molecule has 2 aromatic carbocycles. The fourth-order valence-electron chi connectivity index (χ4n) is 4.47. The average molecular weight is 488 g/mol. The van der Waals surface area contributed by atoms with Crippen LogP contribution in [0.4, 0.5) is 0 Å². The number of hydrogen-bond donors (Lipinski definition) is 0. The van der Waals surface area contributed by atoms with Gasteiger partial charge in [-0.3, -0.25) is 14.2 Å². The molecule has 0 atom stereocenters. The highest BCUT2D eigenvalue weighted by atomic mass is 32.2. The first-order chi connectivity index (χ1) is 16.9. The molecule has 0 radical (unpaired) electrons. The Labute approximate surface area is 206 Å². The minimum absolute atomic E-state index is 0.00716. The van der Waals surface area contributed by atoms with E-state index in [1.54, 1.807) is 18.2 Å². The van der Waals surface area contributed by atoms with Crippen LogP contribution in [0, 0.1) is 13.8 Å². The topological polar surface area (TPSA) is 83.2 Å². The molecule has 1 saturated carbocycles. The SMILES string of the molecule is COC(=O)c1ccc2c(=O)n(-c3ccccc3)c(SCC(=O)c3cc(C)n(C4CC4)c3C)nc2c1. The van der Waals surface area contributed by atoms with Crippen LogP contribution < -0.4 is 5.56 Å². The number of carbonyl (C=O) groups is 2. The predicted molar refractivity (Wildman–Crippen MR) is 136 cm³/mol. The quantitative estimate of drug-likeness (QED) is 0.160. The van der Waals surface area contributed by atoms with Gasteiger partial charge in [-0.2, -0.15) is 0 Å². The summed E-state index contributed by atoms with van der Waals surface area (Å²) in [5, 5.41) is 0.769. The van der Waals surface area contributed by atoms with E-state index in [1.807, 2.05) is 50.2 Å². The van der Waals surface area contributed by atoms with Crippen molar-refractivity contribution >= 4 is 34.4 Å². The van der Waals surface area contributed by atoms with Gasteiger partial charge in [0.05, 0.1) is 35.0 Å². The molecule has 1 fully saturated rings. The summed E-state index contributed by atoms with van der Waals surface area (Å²) in [7, 11) is 1.31. The van der Waals surface area contributed by atoms with Crippen molar-refractivity contribution in [2.24, 2.45) is 0 Å². The maximum atomic E-state index is 13.5. The Hall–Kier alpha value is -3.65. The van der Waals surface area contributed by atoms with E-state index >= 15 is 0 Å². The number of fused-ring (bicyclic) bond motifs is 1. The zero-order valence-corrected chi connectivity index (χ0v) is 20.6. The lowest BCUT2D eigenvalue weighted by atomic mass is 10.1. The Balaban J connectivity index is 1.55. The Bertz CT molecular complexity index is 1520. The molecule has 1 aliphatic carbocycles. The van der Waals surface area contributed by atoms with E-state index in [0.29, 0.717) is 38.9 Å². The van der Waals surface area contributed by atoms with Gasteiger partial charge in [-0.1, -0.05) is 30.0 Å². The molecule has 2 aromatic heterocycles. The fourth-order valence-corrected chi connectivity index (χ4v) is 5.37. The number of carbonyl (C=O) groups excluding carboxylic acids is 2. The Morgan fingerprint density at radius 2 is 1.83 bits per heavy atom. The number of ketones is 1. The summed E-state index contributed by atoms with van der Waals surface area (Å²) >= 11 is 1.22. The normalized spacial score (nSPS) is 13.2. The zero-order valence-electron chi connectivity index (χ0n) is 19.8. The average Bonchev–Trinajstić information content (AvgIpc) is 3.65. The van der Waals surface area contributed by atoms with Crippen LogP contribution in [0.1, 0.15) is 51.0 Å². The van der Waals surface area contributed by atoms with Gasteiger partial charge in [-0.25, -0.2) is 9.78 Å². The number of hydrogen-bond acceptors (Lipinski definition) is 6. The molecule has 0 unspecified atom stereocenters. The second-order valence-corrected chi connectivity index (χ2v) is 9.63. The van der Waals surface area contributed by atoms with Gasteiger partial charge in [0.1, 0.15) is 0 Å². The molecule has 0 bridgehead atoms. The molecule has 4 aromatic rings. The third kappa shape index (κ3) is 4.30. The van der Waals surface area contributed by atoms with Gasteiger partial charge in [0.15, 0.2) is 10.9 Å². The number of Topliss-reactive ketones (excluding diaryl/α,β-unsaturated/α-hetero) is 1. The molecular formula is C27H25N3O4S. The Morgan fingerprint density at radius 1 is 1.09 bits per heavy atom. The summed E-state index contributed by atoms with van der Waals surface area (Å²) < 4.78 is 8.58. The minimum Gasteiger partial charge on any atom is -0.465 e. The van der Waals surface area contributed by atoms with Crippen LogP contribution in [0.25, 0.3) is 16.6 Å². The summed E-state index contributed by atoms with van der Waals surface area (Å²) in [5.41, 5.74) is 3.88. The molecule has 0 amide bonds. The van der Waals surface area contributed by atoms with Gasteiger partial charge in [-0.05, 0) is 63.1 Å². The molecule has 0 spiro atoms. The third-order valence-electron chi connectivity index (χ3n) is 6.30. The van der Waals surface area contributed by atoms with Crippen molar-refractivity contribution in [2.45, 2.75) is 37.9 Å². The van der Waals surface area contributed by atoms with E-state index in [9.17, 15) is 14.4 Å². The van der Waals surface area contributed by atoms with Crippen LogP contribution in [-0.2, 0) is 4.74 Å². The number of aromatic nitrogens is 3. The van der Waals surface area contributed by atoms with E-state index < -0.39 is 5.97 Å². The molecule has 0 aliphatic heterocycles. The van der Waals surface area contributed by atoms with Crippen molar-refractivity contribution in [3.63, 3.8) is 0 Å². The first-order valence-electron chi connectivity index (χ1n) is 11.4. The number of aryl methyl sites for hydroxylation is 1. The third-order valence-corrected chi connectivity index (χ3v) is 7.24. The van der Waals surface area contributed by atoms with E-state index in [2.05, 4.69) is 4.57 Å². The number of benzene rings is 2. The van der Waals surface area contributed by atoms with E-state index in [4.69, 9.17) is 9.72 Å². The number of esters is 1. The summed E-state index contributed by atoms with van der Waals surface area (Å²) in [5.74, 6) is -0.375. The number of nitrogens with zero attached hydrogens (tertiary/aromatic N) is 3. The second-order valence-electron chi connectivity index (χ2n) is 8.69. The second kappa shape index (κ2) is 9.19. The monoisotopic (exact) mass is 487 g/mol. The van der Waals surface area contributed by atoms with Crippen LogP contribution in [-0.4, -0.2) is 38.7 Å². The van der Waals surface area contributed by atoms with Crippen LogP contribution in [0.5, 0.6) is 0 Å². The van der Waals surface area contributed by atoms with Crippen LogP contribution >= 0.6 is 11.8 Å². The standard InChI is InChI=1S/C27H25N3O4S/c1-16-13-22(17(2)29(16)20-10-11-20)24(31)15-35-27-28-23-14-18(26(33)34-3)9-12-21(23)25(32)30(27)19-7-5-4-6-8-19/h4-9,12-14,20H,10-11,15H2,1-3H3. The van der Waals surface area contributed by atoms with Crippen LogP contribution in [0.15, 0.2) is 64.5 Å². The maximum absolute atomic E-state index is 13.5. The van der Waals surface area contributed by atoms with Crippen molar-refractivity contribution in [3.8, 4) is 5.69 Å². The van der Waals surface area contributed by atoms with Crippen molar-refractivity contribution < 1.29 is 14.3 Å². The highest BCUT2D eigenvalue weighted by molar-refractivity contribution is 7.99. The number of para-hydroxylation sites is 1. The van der Waals surface area contributed by atoms with Gasteiger partial charge < -0.3 is 9.30 Å². The molecule has 35 heavy (non-hydrogen) atoms. The molecular weight excluding hydrogens is 462 g/mol. The zero-order chi connectivity index (χ0) is 24.7. The lowest BCUT2D eigenvalue weighted by Gasteiger charge is -2.13. The van der Waals surface area contributed by atoms with Gasteiger partial charge in [-0.15, -0.1) is 0 Å². The smallest absolute Gasteiger partial charge is 0.337 e. The van der Waals surface area contributed by atoms with Crippen molar-refractivity contribution in [2.75, 3.05) is 12.9 Å². The first kappa shape index (κ1) is 23.1. The van der Waals surface area contributed by atoms with Crippen molar-refractivity contribution in [1.82, 2.24) is 14.1 Å². The predicted octanol–water partition coefficient (Wildman–Crippen LogP) is 4.90. The van der Waals surface area contributed by atoms with Crippen molar-refractivity contribution in [3.05, 3.63) is 87.5 Å². The van der Waals surface area contributed by atoms with E-state index in [1.165, 1.54) is 23.4 Å². The van der Waals surface area contributed by atoms with E-state index in [-0.39, 0.29) is 17.1 Å². The number of methoxy groups -OCH3 is 1. The maximum Gasteiger partial charge on any atom is 0.337 e. The molecule has 8 heteroatoms. The van der Waals surface area contributed by atoms with Crippen molar-refractivity contribution in [1.29, 1.82) is 0 Å². The molecule has 1 aliphatic rings. The van der Waals surface area contributed by atoms with Gasteiger partial charge in [0.25, 0.3) is 5.56 Å². The van der Waals surface area contributed by atoms with Gasteiger partial charge in [0.2, 0.25) is 0 Å². The molecule has 178 valence electrons. The summed E-state index contributed by atoms with van der Waals surface area (Å²) in [6, 6.07) is 16.4. The summed E-state index contributed by atoms with van der Waals surface area (Å²) in [6.07, 6.45) is 2.30. The highest BCUT2D eigenvalue weighted by Crippen LogP contribution is 2.38. The highest BCUT2D eigenvalue weighted by Gasteiger charge is 2.28. The Morgan fingerprint density at radius 3 is 2.51 bits per heavy atom. The lowest BCUT2D eigenvalue weighted by molar-refractivity contribution is 0.0600. The minimum atomic E-state index is -0.503. The molecule has 7 nitrogen and oxygen atoms in total. The largest absolute Gasteiger partial charge is 0.465 e. The van der Waals surface area contributed by atoms with Gasteiger partial charge in [0, 0.05) is 23.0 Å². The van der Waals surface area contributed by atoms with Crippen LogP contribution in [0.2, 0.25) is 0 Å². The molecule has 5 rings (SSSR count). The molecule has 0 saturated heterocycles.